The molecule has 0 saturated carbocycles. The van der Waals surface area contributed by atoms with Crippen molar-refractivity contribution in [1.82, 2.24) is 14.8 Å². The van der Waals surface area contributed by atoms with Crippen molar-refractivity contribution in [2.75, 3.05) is 11.9 Å². The lowest BCUT2D eigenvalue weighted by Gasteiger charge is -2.43. The Morgan fingerprint density at radius 3 is 1.59 bits per heavy atom. The molecule has 0 unspecified atom stereocenters. The summed E-state index contributed by atoms with van der Waals surface area (Å²) in [6.07, 6.45) is -0.398. The van der Waals surface area contributed by atoms with Gasteiger partial charge in [0.15, 0.2) is 0 Å². The van der Waals surface area contributed by atoms with Gasteiger partial charge in [0.05, 0.1) is 25.3 Å². The van der Waals surface area contributed by atoms with E-state index < -0.39 is 22.7 Å². The van der Waals surface area contributed by atoms with Gasteiger partial charge in [-0.3, -0.25) is 14.8 Å². The Morgan fingerprint density at radius 1 is 0.606 bits per heavy atom. The summed E-state index contributed by atoms with van der Waals surface area (Å²) in [4.78, 5) is 31.0. The van der Waals surface area contributed by atoms with Crippen molar-refractivity contribution >= 4 is 65.9 Å². The van der Waals surface area contributed by atoms with Crippen LogP contribution in [0.4, 0.5) is 10.5 Å². The van der Waals surface area contributed by atoms with Gasteiger partial charge in [-0.05, 0) is 92.4 Å². The van der Waals surface area contributed by atoms with Crippen molar-refractivity contribution in [3.05, 3.63) is 198 Å². The van der Waals surface area contributed by atoms with Gasteiger partial charge in [-0.1, -0.05) is 181 Å². The van der Waals surface area contributed by atoms with Crippen LogP contribution in [0.5, 0.6) is 11.8 Å². The predicted molar refractivity (Wildman–Crippen MR) is 290 cm³/mol. The average Bonchev–Trinajstić information content (AvgIpc) is 3.61. The van der Waals surface area contributed by atoms with E-state index in [1.165, 1.54) is 0 Å². The third kappa shape index (κ3) is 10.6. The number of amides is 1. The van der Waals surface area contributed by atoms with Gasteiger partial charge < -0.3 is 18.3 Å². The average molecular weight is 981 g/mol. The van der Waals surface area contributed by atoms with Crippen molar-refractivity contribution in [2.45, 2.75) is 92.0 Å². The number of esters is 1. The minimum Gasteiger partial charge on any atom is -0.521 e. The molecule has 8 aromatic rings. The number of nitrogens with one attached hydrogen (secondary N) is 1. The summed E-state index contributed by atoms with van der Waals surface area (Å²) in [7, 11) is -6.32. The highest BCUT2D eigenvalue weighted by atomic mass is 28.4. The van der Waals surface area contributed by atoms with Gasteiger partial charge in [-0.25, -0.2) is 4.79 Å². The normalized spacial score (nSPS) is 12.1. The highest BCUT2D eigenvalue weighted by molar-refractivity contribution is 7.00. The molecule has 12 heteroatoms. The number of rotatable bonds is 16. The second-order valence-electron chi connectivity index (χ2n) is 20.0. The summed E-state index contributed by atoms with van der Waals surface area (Å²) in [5, 5.41) is 13.1. The minimum atomic E-state index is -3.17. The van der Waals surface area contributed by atoms with Crippen molar-refractivity contribution in [1.29, 1.82) is 0 Å². The molecule has 6 aromatic carbocycles. The number of anilines is 1. The summed E-state index contributed by atoms with van der Waals surface area (Å²) in [6.45, 7) is 20.1. The Kier molecular flexibility index (Phi) is 14.8. The minimum absolute atomic E-state index is 0.0179. The second-order valence-corrected chi connectivity index (χ2v) is 28.5. The van der Waals surface area contributed by atoms with Gasteiger partial charge in [0.25, 0.3) is 0 Å². The van der Waals surface area contributed by atoms with E-state index in [0.29, 0.717) is 30.6 Å². The number of ether oxygens (including phenoxy) is 2. The highest BCUT2D eigenvalue weighted by Crippen LogP contribution is 2.42. The number of benzene rings is 6. The zero-order valence-electron chi connectivity index (χ0n) is 42.3. The topological polar surface area (TPSA) is 114 Å². The smallest absolute Gasteiger partial charge is 0.411 e. The Balaban J connectivity index is 1.13. The molecule has 0 saturated heterocycles. The van der Waals surface area contributed by atoms with Crippen LogP contribution < -0.4 is 34.9 Å². The number of hydrogen-bond acceptors (Lipinski definition) is 8. The Labute approximate surface area is 420 Å². The van der Waals surface area contributed by atoms with Crippen LogP contribution in [0.1, 0.15) is 76.5 Å². The summed E-state index contributed by atoms with van der Waals surface area (Å²) in [5.41, 5.74) is 4.95. The third-order valence-electron chi connectivity index (χ3n) is 13.2. The summed E-state index contributed by atoms with van der Waals surface area (Å²) in [6, 6.07) is 57.8. The zero-order valence-corrected chi connectivity index (χ0v) is 44.3. The first-order valence-corrected chi connectivity index (χ1v) is 28.1. The molecule has 0 fully saturated rings. The van der Waals surface area contributed by atoms with Crippen LogP contribution in [0.15, 0.2) is 170 Å². The fourth-order valence-corrected chi connectivity index (χ4v) is 18.5. The maximum atomic E-state index is 13.4. The summed E-state index contributed by atoms with van der Waals surface area (Å²) in [5.74, 6) is 0.665. The van der Waals surface area contributed by atoms with Gasteiger partial charge in [0, 0.05) is 28.4 Å². The number of aromatic nitrogens is 3. The molecule has 0 spiro atoms. The zero-order chi connectivity index (χ0) is 50.4. The summed E-state index contributed by atoms with van der Waals surface area (Å²) < 4.78 is 28.3. The molecule has 364 valence electrons. The maximum Gasteiger partial charge on any atom is 0.411 e. The van der Waals surface area contributed by atoms with Crippen molar-refractivity contribution in [3.8, 4) is 11.8 Å². The fraction of sp³-hybridized carbons (Fsp3) is 0.254. The van der Waals surface area contributed by atoms with E-state index in [9.17, 15) is 9.59 Å². The molecule has 1 amide bonds. The van der Waals surface area contributed by atoms with Crippen molar-refractivity contribution in [3.63, 3.8) is 0 Å². The van der Waals surface area contributed by atoms with Crippen LogP contribution in [0.25, 0.3) is 10.8 Å². The maximum absolute atomic E-state index is 13.4. The number of nitrogens with zero attached hydrogens (tertiary/aromatic N) is 3. The van der Waals surface area contributed by atoms with E-state index in [1.54, 1.807) is 6.92 Å². The van der Waals surface area contributed by atoms with E-state index in [-0.39, 0.29) is 29.1 Å². The SMILES string of the molecule is CCOC(=O)Cc1c(C)nn(Cc2ccc(NC(=O)OCc3ccc4c(O[Si](c5ccccc5)(c5ccccc5)C(C)(C)C)nc(O[Si](c5ccccc5)(c5ccccc5)C(C)(C)C)cc4c3)cc2)c1C. The molecule has 8 rings (SSSR count). The lowest BCUT2D eigenvalue weighted by atomic mass is 10.1. The number of pyridine rings is 1. The molecule has 0 radical (unpaired) electrons. The van der Waals surface area contributed by atoms with Gasteiger partial charge in [0.1, 0.15) is 6.61 Å². The standard InChI is InChI=1S/C59H64N4O6Si2/c1-10-66-55(64)39-53-42(2)62-63(43(53)3)40-44-31-34-47(35-32-44)60-57(65)67-41-45-33-36-52-46(37-45)38-54(68-70(58(4,5)6,48-23-15-11-16-24-48)49-25-17-12-18-26-49)61-56(52)69-71(59(7,8)9,50-27-19-13-20-28-50)51-29-21-14-22-30-51/h11-38H,10,39-41H2,1-9H3,(H,60,65). The number of carbonyl (C=O) groups excluding carboxylic acids is 2. The molecule has 0 aliphatic rings. The van der Waals surface area contributed by atoms with Crippen LogP contribution in [0.2, 0.25) is 10.1 Å². The first-order valence-electron chi connectivity index (χ1n) is 24.3. The molecule has 0 aliphatic carbocycles. The number of aryl methyl sites for hydroxylation is 1. The van der Waals surface area contributed by atoms with Gasteiger partial charge in [-0.15, -0.1) is 0 Å². The molecule has 2 aromatic heterocycles. The van der Waals surface area contributed by atoms with Crippen LogP contribution in [0, 0.1) is 13.8 Å². The first-order chi connectivity index (χ1) is 34.0. The monoisotopic (exact) mass is 980 g/mol. The Bertz CT molecular complexity index is 3020. The predicted octanol–water partition coefficient (Wildman–Crippen LogP) is 10.8. The molecular formula is C59H64N4O6Si2. The summed E-state index contributed by atoms with van der Waals surface area (Å²) >= 11 is 0. The fourth-order valence-electron chi connectivity index (χ4n) is 9.74. The molecule has 0 bridgehead atoms. The number of fused-ring (bicyclic) bond motifs is 1. The van der Waals surface area contributed by atoms with E-state index in [4.69, 9.17) is 23.3 Å². The van der Waals surface area contributed by atoms with Crippen LogP contribution in [-0.4, -0.2) is 50.1 Å². The lowest BCUT2D eigenvalue weighted by Crippen LogP contribution is -2.69. The highest BCUT2D eigenvalue weighted by Gasteiger charge is 2.54. The molecule has 10 nitrogen and oxygen atoms in total. The van der Waals surface area contributed by atoms with E-state index in [1.807, 2.05) is 91.3 Å². The van der Waals surface area contributed by atoms with E-state index >= 15 is 0 Å². The van der Waals surface area contributed by atoms with Crippen LogP contribution in [0.3, 0.4) is 0 Å². The second kappa shape index (κ2) is 21.0. The van der Waals surface area contributed by atoms with Crippen LogP contribution >= 0.6 is 0 Å². The largest absolute Gasteiger partial charge is 0.521 e. The number of carbonyl (C=O) groups is 2. The van der Waals surface area contributed by atoms with Gasteiger partial charge in [-0.2, -0.15) is 10.1 Å². The molecular weight excluding hydrogens is 917 g/mol. The Morgan fingerprint density at radius 2 is 1.10 bits per heavy atom. The molecule has 0 aliphatic heterocycles. The first kappa shape index (κ1) is 50.1. The van der Waals surface area contributed by atoms with Gasteiger partial charge >= 0.3 is 28.7 Å². The third-order valence-corrected chi connectivity index (χ3v) is 23.1. The van der Waals surface area contributed by atoms with Gasteiger partial charge in [0.2, 0.25) is 11.8 Å². The van der Waals surface area contributed by atoms with Crippen molar-refractivity contribution in [2.24, 2.45) is 0 Å². The van der Waals surface area contributed by atoms with Crippen LogP contribution in [-0.2, 0) is 33.8 Å². The molecule has 2 heterocycles. The molecule has 71 heavy (non-hydrogen) atoms. The van der Waals surface area contributed by atoms with E-state index in [2.05, 4.69) is 149 Å². The quantitative estimate of drug-likeness (QED) is 0.0752. The van der Waals surface area contributed by atoms with E-state index in [0.717, 1.165) is 59.6 Å². The van der Waals surface area contributed by atoms with Crippen molar-refractivity contribution < 1.29 is 27.9 Å². The molecule has 1 N–H and O–H groups in total. The Hall–Kier alpha value is -7.29. The molecule has 0 atom stereocenters. The number of hydrogen-bond donors (Lipinski definition) is 1. The lowest BCUT2D eigenvalue weighted by molar-refractivity contribution is -0.142.